The molecule has 4 aromatic rings. The molecule has 0 aliphatic heterocycles. The van der Waals surface area contributed by atoms with E-state index in [1.807, 2.05) is 69.4 Å². The van der Waals surface area contributed by atoms with E-state index in [1.54, 1.807) is 11.6 Å². The summed E-state index contributed by atoms with van der Waals surface area (Å²) in [5.74, 6) is -0.233. The maximum Gasteiger partial charge on any atom is 0.278 e. The van der Waals surface area contributed by atoms with Gasteiger partial charge >= 0.3 is 0 Å². The molecule has 1 amide bonds. The highest BCUT2D eigenvalue weighted by atomic mass is 16.2. The lowest BCUT2D eigenvalue weighted by Crippen LogP contribution is -2.38. The van der Waals surface area contributed by atoms with Crippen molar-refractivity contribution >= 4 is 22.5 Å². The predicted molar refractivity (Wildman–Crippen MR) is 135 cm³/mol. The molecule has 0 bridgehead atoms. The van der Waals surface area contributed by atoms with Crippen molar-refractivity contribution in [2.45, 2.75) is 33.2 Å². The van der Waals surface area contributed by atoms with Gasteiger partial charge in [0.15, 0.2) is 0 Å². The number of aryl methyl sites for hydroxylation is 2. The van der Waals surface area contributed by atoms with Crippen LogP contribution in [0.2, 0.25) is 0 Å². The number of anilines is 1. The second-order valence-electron chi connectivity index (χ2n) is 8.47. The summed E-state index contributed by atoms with van der Waals surface area (Å²) in [4.78, 5) is 28.3. The molecule has 0 aliphatic rings. The molecular formula is C26H30N6O2. The quantitative estimate of drug-likeness (QED) is 0.409. The molecule has 0 saturated heterocycles. The van der Waals surface area contributed by atoms with Crippen LogP contribution in [0.25, 0.3) is 16.6 Å². The average Bonchev–Trinajstić information content (AvgIpc) is 3.22. The van der Waals surface area contributed by atoms with E-state index >= 15 is 0 Å². The summed E-state index contributed by atoms with van der Waals surface area (Å²) in [6.07, 6.45) is 0.785. The number of fused-ring (bicyclic) bond motifs is 1. The molecule has 0 radical (unpaired) electrons. The minimum atomic E-state index is -0.734. The number of rotatable bonds is 8. The Morgan fingerprint density at radius 1 is 1.03 bits per heavy atom. The third-order valence-electron chi connectivity index (χ3n) is 6.05. The number of carbonyl (C=O) groups is 1. The van der Waals surface area contributed by atoms with Crippen LogP contribution < -0.4 is 15.8 Å². The van der Waals surface area contributed by atoms with Crippen LogP contribution in [0, 0.1) is 13.8 Å². The first-order valence-electron chi connectivity index (χ1n) is 11.5. The van der Waals surface area contributed by atoms with Crippen molar-refractivity contribution in [1.82, 2.24) is 24.9 Å². The summed E-state index contributed by atoms with van der Waals surface area (Å²) < 4.78 is 3.02. The summed E-state index contributed by atoms with van der Waals surface area (Å²) in [5.41, 5.74) is 3.57. The van der Waals surface area contributed by atoms with Crippen LogP contribution in [0.15, 0.2) is 65.5 Å². The molecule has 0 aliphatic carbocycles. The number of benzene rings is 2. The Bertz CT molecular complexity index is 1340. The molecule has 4 rings (SSSR count). The van der Waals surface area contributed by atoms with Crippen molar-refractivity contribution in [3.63, 3.8) is 0 Å². The molecule has 8 nitrogen and oxygen atoms in total. The number of carbonyl (C=O) groups excluding carboxylic acids is 1. The predicted octanol–water partition coefficient (Wildman–Crippen LogP) is 3.40. The lowest BCUT2D eigenvalue weighted by atomic mass is 10.2. The van der Waals surface area contributed by atoms with Crippen LogP contribution in [0.1, 0.15) is 30.8 Å². The number of hydrogen-bond donors (Lipinski definition) is 1. The number of nitrogens with zero attached hydrogens (tertiary/aromatic N) is 5. The topological polar surface area (TPSA) is 85.0 Å². The van der Waals surface area contributed by atoms with Crippen molar-refractivity contribution < 1.29 is 4.79 Å². The van der Waals surface area contributed by atoms with Crippen molar-refractivity contribution in [3.05, 3.63) is 82.4 Å². The summed E-state index contributed by atoms with van der Waals surface area (Å²) in [7, 11) is 2.03. The minimum absolute atomic E-state index is 0.233. The van der Waals surface area contributed by atoms with Crippen molar-refractivity contribution in [1.29, 1.82) is 0 Å². The molecule has 2 aromatic carbocycles. The smallest absolute Gasteiger partial charge is 0.278 e. The van der Waals surface area contributed by atoms with E-state index in [0.717, 1.165) is 30.0 Å². The van der Waals surface area contributed by atoms with E-state index in [1.165, 1.54) is 4.68 Å². The summed E-state index contributed by atoms with van der Waals surface area (Å²) >= 11 is 0. The van der Waals surface area contributed by atoms with E-state index < -0.39 is 6.04 Å². The molecule has 0 spiro atoms. The SMILES string of the molecule is Cc1nn(C(C)C(=O)NCCCN(C)c2ccccc2)c(=O)c2c(C)n(-c3ccccc3)nc12. The van der Waals surface area contributed by atoms with Gasteiger partial charge in [-0.2, -0.15) is 10.2 Å². The third-order valence-corrected chi connectivity index (χ3v) is 6.05. The molecule has 0 fully saturated rings. The first-order chi connectivity index (χ1) is 16.4. The van der Waals surface area contributed by atoms with E-state index in [9.17, 15) is 9.59 Å². The van der Waals surface area contributed by atoms with Crippen LogP contribution in [-0.4, -0.2) is 45.6 Å². The van der Waals surface area contributed by atoms with Gasteiger partial charge in [0.25, 0.3) is 5.56 Å². The zero-order valence-electron chi connectivity index (χ0n) is 20.0. The molecule has 176 valence electrons. The first-order valence-corrected chi connectivity index (χ1v) is 11.5. The fraction of sp³-hybridized carbons (Fsp3) is 0.308. The van der Waals surface area contributed by atoms with E-state index in [4.69, 9.17) is 0 Å². The number of aromatic nitrogens is 4. The van der Waals surface area contributed by atoms with E-state index in [-0.39, 0.29) is 11.5 Å². The number of nitrogens with one attached hydrogen (secondary N) is 1. The summed E-state index contributed by atoms with van der Waals surface area (Å²) in [6, 6.07) is 19.0. The minimum Gasteiger partial charge on any atom is -0.375 e. The molecule has 0 saturated carbocycles. The Morgan fingerprint density at radius 3 is 2.35 bits per heavy atom. The van der Waals surface area contributed by atoms with Crippen LogP contribution in [0.5, 0.6) is 0 Å². The molecular weight excluding hydrogens is 428 g/mol. The van der Waals surface area contributed by atoms with Gasteiger partial charge in [-0.25, -0.2) is 9.36 Å². The Hall–Kier alpha value is -3.94. The van der Waals surface area contributed by atoms with Crippen LogP contribution in [0.3, 0.4) is 0 Å². The third kappa shape index (κ3) is 4.57. The Morgan fingerprint density at radius 2 is 1.68 bits per heavy atom. The van der Waals surface area contributed by atoms with Crippen LogP contribution in [0.4, 0.5) is 5.69 Å². The van der Waals surface area contributed by atoms with Crippen molar-refractivity contribution in [2.24, 2.45) is 0 Å². The normalized spacial score (nSPS) is 12.0. The van der Waals surface area contributed by atoms with Gasteiger partial charge in [0.1, 0.15) is 11.6 Å². The van der Waals surface area contributed by atoms with E-state index in [0.29, 0.717) is 23.1 Å². The number of para-hydroxylation sites is 2. The zero-order chi connectivity index (χ0) is 24.2. The Kier molecular flexibility index (Phi) is 6.77. The molecule has 1 unspecified atom stereocenters. The maximum atomic E-state index is 13.3. The van der Waals surface area contributed by atoms with E-state index in [2.05, 4.69) is 32.5 Å². The second kappa shape index (κ2) is 9.91. The fourth-order valence-electron chi connectivity index (χ4n) is 4.06. The summed E-state index contributed by atoms with van der Waals surface area (Å²) in [5, 5.41) is 12.5. The molecule has 8 heteroatoms. The molecule has 2 heterocycles. The monoisotopic (exact) mass is 458 g/mol. The highest BCUT2D eigenvalue weighted by Gasteiger charge is 2.23. The lowest BCUT2D eigenvalue weighted by Gasteiger charge is -2.20. The van der Waals surface area contributed by atoms with Crippen molar-refractivity contribution in [2.75, 3.05) is 25.0 Å². The van der Waals surface area contributed by atoms with Crippen molar-refractivity contribution in [3.8, 4) is 5.69 Å². The Labute approximate surface area is 198 Å². The maximum absolute atomic E-state index is 13.3. The molecule has 1 N–H and O–H groups in total. The molecule has 34 heavy (non-hydrogen) atoms. The van der Waals surface area contributed by atoms with Gasteiger partial charge in [-0.1, -0.05) is 36.4 Å². The zero-order valence-corrected chi connectivity index (χ0v) is 20.0. The van der Waals surface area contributed by atoms with Gasteiger partial charge in [-0.05, 0) is 51.5 Å². The second-order valence-corrected chi connectivity index (χ2v) is 8.47. The first kappa shape index (κ1) is 23.2. The number of hydrogen-bond acceptors (Lipinski definition) is 5. The van der Waals surface area contributed by atoms with Crippen LogP contribution >= 0.6 is 0 Å². The summed E-state index contributed by atoms with van der Waals surface area (Å²) in [6.45, 7) is 6.69. The molecule has 2 aromatic heterocycles. The largest absolute Gasteiger partial charge is 0.375 e. The van der Waals surface area contributed by atoms with Gasteiger partial charge in [0.2, 0.25) is 5.91 Å². The fourth-order valence-corrected chi connectivity index (χ4v) is 4.06. The molecule has 1 atom stereocenters. The van der Waals surface area contributed by atoms with Crippen LogP contribution in [-0.2, 0) is 4.79 Å². The Balaban J connectivity index is 1.48. The number of amides is 1. The average molecular weight is 459 g/mol. The standard InChI is InChI=1S/C26H30N6O2/c1-18-24-23(19(2)31(29-24)22-14-9-6-10-15-22)26(34)32(28-18)20(3)25(33)27-16-11-17-30(4)21-12-7-5-8-13-21/h5-10,12-15,20H,11,16-17H2,1-4H3,(H,27,33). The van der Waals surface area contributed by atoms with Gasteiger partial charge in [-0.3, -0.25) is 9.59 Å². The van der Waals surface area contributed by atoms with Gasteiger partial charge in [-0.15, -0.1) is 0 Å². The van der Waals surface area contributed by atoms with Gasteiger partial charge in [0, 0.05) is 25.8 Å². The highest BCUT2D eigenvalue weighted by Crippen LogP contribution is 2.20. The highest BCUT2D eigenvalue weighted by molar-refractivity contribution is 5.84. The lowest BCUT2D eigenvalue weighted by molar-refractivity contribution is -0.124. The van der Waals surface area contributed by atoms with Gasteiger partial charge < -0.3 is 10.2 Å². The van der Waals surface area contributed by atoms with Gasteiger partial charge in [0.05, 0.1) is 22.5 Å².